The number of hydrogen-bond acceptors (Lipinski definition) is 3. The summed E-state index contributed by atoms with van der Waals surface area (Å²) in [5, 5.41) is 13.9. The van der Waals surface area contributed by atoms with E-state index in [4.69, 9.17) is 16.1 Å². The molecule has 0 amide bonds. The van der Waals surface area contributed by atoms with Crippen molar-refractivity contribution in [2.45, 2.75) is 0 Å². The third-order valence-corrected chi connectivity index (χ3v) is 4.49. The Morgan fingerprint density at radius 3 is 2.22 bits per heavy atom. The lowest BCUT2D eigenvalue weighted by atomic mass is 9.95. The smallest absolute Gasteiger partial charge is 0.178 e. The van der Waals surface area contributed by atoms with Crippen LogP contribution in [0.5, 0.6) is 5.75 Å². The molecule has 1 heterocycles. The van der Waals surface area contributed by atoms with Crippen LogP contribution in [0.15, 0.2) is 71.3 Å². The Hall–Kier alpha value is -3.18. The van der Waals surface area contributed by atoms with Gasteiger partial charge in [0.05, 0.1) is 16.1 Å². The highest BCUT2D eigenvalue weighted by Gasteiger charge is 2.25. The van der Waals surface area contributed by atoms with Gasteiger partial charge in [0.25, 0.3) is 0 Å². The molecule has 0 saturated carbocycles. The first-order chi connectivity index (χ1) is 13.1. The molecule has 0 saturated heterocycles. The fourth-order valence-electron chi connectivity index (χ4n) is 2.91. The van der Waals surface area contributed by atoms with E-state index in [1.165, 1.54) is 18.2 Å². The third-order valence-electron chi connectivity index (χ3n) is 4.16. The summed E-state index contributed by atoms with van der Waals surface area (Å²) in [6, 6.07) is 16.6. The summed E-state index contributed by atoms with van der Waals surface area (Å²) < 4.78 is 34.5. The standard InChI is InChI=1S/C21H12ClF2NO2/c22-16-7-3-1-5-13(16)20-19(14-6-2-4-8-17(14)23)21(27-25-20)15-10-9-12(26)11-18(15)24/h1-11,26H. The zero-order chi connectivity index (χ0) is 19.0. The molecule has 0 spiro atoms. The molecule has 0 atom stereocenters. The molecule has 0 radical (unpaired) electrons. The first-order valence-corrected chi connectivity index (χ1v) is 8.42. The normalized spacial score (nSPS) is 10.9. The van der Waals surface area contributed by atoms with Gasteiger partial charge in [-0.05, 0) is 24.3 Å². The minimum atomic E-state index is -0.713. The van der Waals surface area contributed by atoms with Crippen LogP contribution in [0.2, 0.25) is 5.02 Å². The number of phenols is 1. The lowest BCUT2D eigenvalue weighted by molar-refractivity contribution is 0.431. The number of rotatable bonds is 3. The van der Waals surface area contributed by atoms with Crippen molar-refractivity contribution in [3.63, 3.8) is 0 Å². The molecule has 134 valence electrons. The second-order valence-corrected chi connectivity index (χ2v) is 6.27. The van der Waals surface area contributed by atoms with E-state index in [9.17, 15) is 13.9 Å². The number of aromatic nitrogens is 1. The zero-order valence-corrected chi connectivity index (χ0v) is 14.5. The molecule has 0 unspecified atom stereocenters. The number of phenolic OH excluding ortho intramolecular Hbond substituents is 1. The molecule has 1 N–H and O–H groups in total. The van der Waals surface area contributed by atoms with Gasteiger partial charge in [0, 0.05) is 17.2 Å². The third kappa shape index (κ3) is 3.06. The molecule has 27 heavy (non-hydrogen) atoms. The molecular formula is C21H12ClF2NO2. The fraction of sp³-hybridized carbons (Fsp3) is 0. The summed E-state index contributed by atoms with van der Waals surface area (Å²) >= 11 is 6.28. The summed E-state index contributed by atoms with van der Waals surface area (Å²) in [7, 11) is 0. The molecule has 0 aliphatic heterocycles. The van der Waals surface area contributed by atoms with E-state index < -0.39 is 11.6 Å². The van der Waals surface area contributed by atoms with Gasteiger partial charge in [0.1, 0.15) is 23.1 Å². The number of benzene rings is 3. The molecule has 1 aromatic heterocycles. The van der Waals surface area contributed by atoms with Crippen molar-refractivity contribution in [3.8, 4) is 39.5 Å². The Morgan fingerprint density at radius 1 is 0.815 bits per heavy atom. The highest BCUT2D eigenvalue weighted by atomic mass is 35.5. The van der Waals surface area contributed by atoms with Gasteiger partial charge < -0.3 is 9.63 Å². The summed E-state index contributed by atoms with van der Waals surface area (Å²) in [4.78, 5) is 0. The largest absolute Gasteiger partial charge is 0.508 e. The molecule has 4 rings (SSSR count). The lowest BCUT2D eigenvalue weighted by Crippen LogP contribution is -1.90. The molecule has 3 nitrogen and oxygen atoms in total. The topological polar surface area (TPSA) is 46.3 Å². The quantitative estimate of drug-likeness (QED) is 0.450. The van der Waals surface area contributed by atoms with E-state index in [2.05, 4.69) is 5.16 Å². The van der Waals surface area contributed by atoms with E-state index in [1.807, 2.05) is 0 Å². The van der Waals surface area contributed by atoms with Gasteiger partial charge in [-0.1, -0.05) is 53.2 Å². The van der Waals surface area contributed by atoms with E-state index >= 15 is 0 Å². The molecule has 0 aliphatic rings. The van der Waals surface area contributed by atoms with Gasteiger partial charge in [-0.15, -0.1) is 0 Å². The van der Waals surface area contributed by atoms with Gasteiger partial charge in [-0.3, -0.25) is 0 Å². The monoisotopic (exact) mass is 383 g/mol. The fourth-order valence-corrected chi connectivity index (χ4v) is 3.14. The van der Waals surface area contributed by atoms with Gasteiger partial charge in [-0.25, -0.2) is 8.78 Å². The second kappa shape index (κ2) is 6.85. The zero-order valence-electron chi connectivity index (χ0n) is 13.8. The Labute approximate surface area is 158 Å². The predicted octanol–water partition coefficient (Wildman–Crippen LogP) is 6.31. The minimum absolute atomic E-state index is 0.0486. The van der Waals surface area contributed by atoms with Crippen molar-refractivity contribution in [2.24, 2.45) is 0 Å². The Morgan fingerprint density at radius 2 is 1.52 bits per heavy atom. The van der Waals surface area contributed by atoms with E-state index in [1.54, 1.807) is 42.5 Å². The van der Waals surface area contributed by atoms with Gasteiger partial charge in [0.15, 0.2) is 5.76 Å². The van der Waals surface area contributed by atoms with Crippen molar-refractivity contribution in [1.82, 2.24) is 5.16 Å². The number of halogens is 3. The Bertz CT molecular complexity index is 1140. The highest BCUT2D eigenvalue weighted by molar-refractivity contribution is 6.33. The minimum Gasteiger partial charge on any atom is -0.508 e. The van der Waals surface area contributed by atoms with Crippen LogP contribution in [-0.4, -0.2) is 10.3 Å². The predicted molar refractivity (Wildman–Crippen MR) is 99.4 cm³/mol. The maximum absolute atomic E-state index is 14.6. The number of nitrogens with zero attached hydrogens (tertiary/aromatic N) is 1. The molecule has 6 heteroatoms. The highest BCUT2D eigenvalue weighted by Crippen LogP contribution is 2.43. The number of aromatic hydroxyl groups is 1. The number of hydrogen-bond donors (Lipinski definition) is 1. The van der Waals surface area contributed by atoms with Crippen LogP contribution < -0.4 is 0 Å². The lowest BCUT2D eigenvalue weighted by Gasteiger charge is -2.08. The first-order valence-electron chi connectivity index (χ1n) is 8.04. The summed E-state index contributed by atoms with van der Waals surface area (Å²) in [6.45, 7) is 0. The first kappa shape index (κ1) is 17.2. The molecule has 0 bridgehead atoms. The average Bonchev–Trinajstić information content (AvgIpc) is 3.07. The maximum atomic E-state index is 14.6. The van der Waals surface area contributed by atoms with Gasteiger partial charge >= 0.3 is 0 Å². The van der Waals surface area contributed by atoms with Crippen LogP contribution in [0.1, 0.15) is 0 Å². The van der Waals surface area contributed by atoms with Crippen molar-refractivity contribution < 1.29 is 18.4 Å². The van der Waals surface area contributed by atoms with Crippen molar-refractivity contribution in [2.75, 3.05) is 0 Å². The maximum Gasteiger partial charge on any atom is 0.178 e. The van der Waals surface area contributed by atoms with Crippen LogP contribution in [0.3, 0.4) is 0 Å². The van der Waals surface area contributed by atoms with Gasteiger partial charge in [0.2, 0.25) is 0 Å². The van der Waals surface area contributed by atoms with E-state index in [-0.39, 0.29) is 28.2 Å². The second-order valence-electron chi connectivity index (χ2n) is 5.86. The van der Waals surface area contributed by atoms with Gasteiger partial charge in [-0.2, -0.15) is 0 Å². The van der Waals surface area contributed by atoms with Crippen molar-refractivity contribution in [1.29, 1.82) is 0 Å². The van der Waals surface area contributed by atoms with Crippen LogP contribution in [0, 0.1) is 11.6 Å². The Balaban J connectivity index is 2.04. The summed E-state index contributed by atoms with van der Waals surface area (Å²) in [5.41, 5.74) is 1.37. The summed E-state index contributed by atoms with van der Waals surface area (Å²) in [5.74, 6) is -1.40. The van der Waals surface area contributed by atoms with E-state index in [0.29, 0.717) is 16.3 Å². The van der Waals surface area contributed by atoms with Crippen LogP contribution >= 0.6 is 11.6 Å². The van der Waals surface area contributed by atoms with E-state index in [0.717, 1.165) is 6.07 Å². The van der Waals surface area contributed by atoms with Crippen LogP contribution in [0.25, 0.3) is 33.7 Å². The summed E-state index contributed by atoms with van der Waals surface area (Å²) in [6.07, 6.45) is 0. The van der Waals surface area contributed by atoms with Crippen LogP contribution in [-0.2, 0) is 0 Å². The van der Waals surface area contributed by atoms with Crippen molar-refractivity contribution in [3.05, 3.63) is 83.4 Å². The molecule has 4 aromatic rings. The SMILES string of the molecule is Oc1ccc(-c2onc(-c3ccccc3Cl)c2-c2ccccc2F)c(F)c1. The average molecular weight is 384 g/mol. The van der Waals surface area contributed by atoms with Crippen molar-refractivity contribution >= 4 is 11.6 Å². The Kier molecular flexibility index (Phi) is 4.38. The molecule has 0 fully saturated rings. The molecule has 3 aromatic carbocycles. The van der Waals surface area contributed by atoms with Crippen LogP contribution in [0.4, 0.5) is 8.78 Å². The molecular weight excluding hydrogens is 372 g/mol. The molecule has 0 aliphatic carbocycles.